The maximum Gasteiger partial charge on any atom is 0.352 e. The highest BCUT2D eigenvalue weighted by molar-refractivity contribution is 7.51. The summed E-state index contributed by atoms with van der Waals surface area (Å²) in [5.74, 6) is 0.506. The van der Waals surface area contributed by atoms with Crippen molar-refractivity contribution in [2.24, 2.45) is 0 Å². The minimum atomic E-state index is -3.86. The van der Waals surface area contributed by atoms with Crippen LogP contribution in [0.15, 0.2) is 12.3 Å². The molecule has 1 aliphatic carbocycles. The molecule has 168 valence electrons. The van der Waals surface area contributed by atoms with Crippen molar-refractivity contribution in [3.05, 3.63) is 18.1 Å². The van der Waals surface area contributed by atoms with E-state index < -0.39 is 32.1 Å². The van der Waals surface area contributed by atoms with Gasteiger partial charge in [0.05, 0.1) is 5.39 Å². The molecule has 0 bridgehead atoms. The number of hydrogen-bond donors (Lipinski definition) is 4. The summed E-state index contributed by atoms with van der Waals surface area (Å²) in [7, 11) is -3.86. The van der Waals surface area contributed by atoms with E-state index in [4.69, 9.17) is 9.63 Å². The summed E-state index contributed by atoms with van der Waals surface area (Å²) >= 11 is 0. The lowest BCUT2D eigenvalue weighted by atomic mass is 10.1. The molecule has 2 fully saturated rings. The first-order valence-electron chi connectivity index (χ1n) is 9.95. The molecule has 0 radical (unpaired) electrons. The van der Waals surface area contributed by atoms with Gasteiger partial charge >= 0.3 is 7.60 Å². The van der Waals surface area contributed by atoms with Gasteiger partial charge in [-0.1, -0.05) is 12.8 Å². The van der Waals surface area contributed by atoms with Crippen LogP contribution in [0.2, 0.25) is 0 Å². The van der Waals surface area contributed by atoms with Crippen molar-refractivity contribution >= 4 is 24.4 Å². The first-order valence-corrected chi connectivity index (χ1v) is 12.0. The largest absolute Gasteiger partial charge is 0.387 e. The lowest BCUT2D eigenvalue weighted by molar-refractivity contribution is -0.238. The lowest BCUT2D eigenvalue weighted by Crippen LogP contribution is -2.33. The Morgan fingerprint density at radius 3 is 2.77 bits per heavy atom. The maximum absolute atomic E-state index is 11.2. The fraction of sp³-hybridized carbons (Fsp3) is 0.611. The van der Waals surface area contributed by atoms with Gasteiger partial charge in [-0.25, -0.2) is 14.9 Å². The topological polar surface area (TPSA) is 172 Å². The fourth-order valence-corrected chi connectivity index (χ4v) is 4.21. The van der Waals surface area contributed by atoms with Gasteiger partial charge in [0.2, 0.25) is 5.82 Å². The highest BCUT2D eigenvalue weighted by Gasteiger charge is 2.44. The van der Waals surface area contributed by atoms with Crippen LogP contribution in [-0.4, -0.2) is 67.3 Å². The normalized spacial score (nSPS) is 28.6. The number of aliphatic hydroxyl groups is 2. The Balaban J connectivity index is 1.59. The number of nitrogens with zero attached hydrogens (tertiary/aromatic N) is 4. The molecule has 12 nitrogen and oxygen atoms in total. The Labute approximate surface area is 177 Å². The van der Waals surface area contributed by atoms with E-state index in [9.17, 15) is 20.0 Å². The van der Waals surface area contributed by atoms with E-state index in [1.165, 1.54) is 4.57 Å². The van der Waals surface area contributed by atoms with Gasteiger partial charge in [0.1, 0.15) is 42.5 Å². The van der Waals surface area contributed by atoms with E-state index in [0.29, 0.717) is 16.9 Å². The molecule has 0 spiro atoms. The van der Waals surface area contributed by atoms with Gasteiger partial charge in [-0.05, 0) is 18.9 Å². The molecule has 1 aliphatic heterocycles. The van der Waals surface area contributed by atoms with E-state index in [2.05, 4.69) is 24.8 Å². The summed E-state index contributed by atoms with van der Waals surface area (Å²) in [5, 5.41) is 34.2. The molecule has 4 N–H and O–H groups in total. The molecular formula is C18H24N5O7P. The van der Waals surface area contributed by atoms with Crippen molar-refractivity contribution in [2.75, 3.05) is 18.6 Å². The lowest BCUT2D eigenvalue weighted by Gasteiger charge is -2.18. The van der Waals surface area contributed by atoms with E-state index >= 15 is 0 Å². The van der Waals surface area contributed by atoms with Crippen molar-refractivity contribution in [3.8, 4) is 6.07 Å². The van der Waals surface area contributed by atoms with E-state index in [0.717, 1.165) is 32.3 Å². The van der Waals surface area contributed by atoms with Crippen LogP contribution >= 0.6 is 7.60 Å². The van der Waals surface area contributed by atoms with Crippen molar-refractivity contribution in [1.29, 1.82) is 5.26 Å². The summed E-state index contributed by atoms with van der Waals surface area (Å²) in [5.41, 5.74) is 0.370. The number of nitriles is 1. The molecule has 0 amide bonds. The minimum absolute atomic E-state index is 0.0316. The number of nitrogens with one attached hydrogen (secondary N) is 1. The monoisotopic (exact) mass is 453 g/mol. The predicted molar refractivity (Wildman–Crippen MR) is 107 cm³/mol. The highest BCUT2D eigenvalue weighted by Crippen LogP contribution is 2.38. The average molecular weight is 453 g/mol. The van der Waals surface area contributed by atoms with Crippen molar-refractivity contribution in [1.82, 2.24) is 14.5 Å². The molecule has 1 unspecified atom stereocenters. The third-order valence-electron chi connectivity index (χ3n) is 5.40. The smallest absolute Gasteiger partial charge is 0.352 e. The molecule has 5 atom stereocenters. The standard InChI is InChI=1S/C18H24N5O7P/c1-31(26,27)30-28-9-12-14(24)15(25)18(29-12)23-7-6-11-16(20-10-4-2-3-5-10)21-13(8-19)22-17(11)23/h6-7,10,12,14-15,18,24-25H,2-5,9H2,1H3,(H,26,27)(H,20,21,22)/t12-,14-,15-,18-/m1/s1. The van der Waals surface area contributed by atoms with Gasteiger partial charge in [0.25, 0.3) is 0 Å². The first kappa shape index (κ1) is 22.1. The highest BCUT2D eigenvalue weighted by atomic mass is 31.2. The zero-order valence-corrected chi connectivity index (χ0v) is 17.7. The molecule has 1 saturated heterocycles. The Hall–Kier alpha value is -2.10. The molecule has 2 aliphatic rings. The molecular weight excluding hydrogens is 429 g/mol. The van der Waals surface area contributed by atoms with Crippen LogP contribution in [0, 0.1) is 11.3 Å². The van der Waals surface area contributed by atoms with Gasteiger partial charge in [-0.2, -0.15) is 5.26 Å². The molecule has 4 rings (SSSR count). The second-order valence-corrected chi connectivity index (χ2v) is 9.56. The fourth-order valence-electron chi connectivity index (χ4n) is 3.95. The molecule has 13 heteroatoms. The zero-order chi connectivity index (χ0) is 22.2. The summed E-state index contributed by atoms with van der Waals surface area (Å²) in [6.45, 7) is 0.575. The number of hydrogen-bond acceptors (Lipinski definition) is 10. The van der Waals surface area contributed by atoms with Gasteiger partial charge in [0.15, 0.2) is 6.23 Å². The van der Waals surface area contributed by atoms with Crippen molar-refractivity contribution in [3.63, 3.8) is 0 Å². The summed E-state index contributed by atoms with van der Waals surface area (Å²) < 4.78 is 22.7. The first-order chi connectivity index (χ1) is 14.8. The van der Waals surface area contributed by atoms with E-state index in [1.807, 2.05) is 6.07 Å². The van der Waals surface area contributed by atoms with Crippen LogP contribution in [-0.2, 0) is 18.9 Å². The Bertz CT molecular complexity index is 1030. The molecule has 31 heavy (non-hydrogen) atoms. The van der Waals surface area contributed by atoms with Gasteiger partial charge in [0, 0.05) is 18.9 Å². The minimum Gasteiger partial charge on any atom is -0.387 e. The summed E-state index contributed by atoms with van der Waals surface area (Å²) in [4.78, 5) is 22.4. The number of fused-ring (bicyclic) bond motifs is 1. The van der Waals surface area contributed by atoms with E-state index in [1.54, 1.807) is 12.3 Å². The molecule has 2 aromatic heterocycles. The van der Waals surface area contributed by atoms with Crippen LogP contribution in [0.5, 0.6) is 0 Å². The van der Waals surface area contributed by atoms with Crippen LogP contribution in [0.4, 0.5) is 5.82 Å². The van der Waals surface area contributed by atoms with Crippen molar-refractivity contribution in [2.45, 2.75) is 56.3 Å². The quantitative estimate of drug-likeness (QED) is 0.268. The maximum atomic E-state index is 11.2. The zero-order valence-electron chi connectivity index (χ0n) is 16.8. The summed E-state index contributed by atoms with van der Waals surface area (Å²) in [6.07, 6.45) is 1.23. The Morgan fingerprint density at radius 1 is 1.35 bits per heavy atom. The number of rotatable bonds is 7. The van der Waals surface area contributed by atoms with Crippen LogP contribution in [0.1, 0.15) is 37.7 Å². The number of aromatic nitrogens is 3. The molecule has 2 aromatic rings. The summed E-state index contributed by atoms with van der Waals surface area (Å²) in [6, 6.07) is 3.97. The third-order valence-corrected chi connectivity index (χ3v) is 5.78. The Morgan fingerprint density at radius 2 is 2.10 bits per heavy atom. The predicted octanol–water partition coefficient (Wildman–Crippen LogP) is 1.04. The van der Waals surface area contributed by atoms with Gasteiger partial charge in [-0.3, -0.25) is 4.57 Å². The van der Waals surface area contributed by atoms with Gasteiger partial charge in [-0.15, -0.1) is 4.67 Å². The van der Waals surface area contributed by atoms with Crippen LogP contribution < -0.4 is 5.32 Å². The molecule has 0 aromatic carbocycles. The Kier molecular flexibility index (Phi) is 6.27. The molecule has 3 heterocycles. The number of anilines is 1. The van der Waals surface area contributed by atoms with E-state index in [-0.39, 0.29) is 18.5 Å². The second-order valence-electron chi connectivity index (χ2n) is 7.80. The number of aliphatic hydroxyl groups excluding tert-OH is 2. The van der Waals surface area contributed by atoms with Gasteiger partial charge < -0.3 is 29.7 Å². The average Bonchev–Trinajstić information content (AvgIpc) is 3.43. The SMILES string of the molecule is CP(=O)(O)OOC[C@H]1O[C@@H](n2ccc3c(NC4CCCC4)nc(C#N)nc32)[C@H](O)[C@@H]1O. The number of ether oxygens (including phenoxy) is 1. The third kappa shape index (κ3) is 4.73. The van der Waals surface area contributed by atoms with Crippen LogP contribution in [0.25, 0.3) is 11.0 Å². The molecule has 1 saturated carbocycles. The van der Waals surface area contributed by atoms with Crippen LogP contribution in [0.3, 0.4) is 0 Å². The van der Waals surface area contributed by atoms with Crippen molar-refractivity contribution < 1.29 is 34.0 Å². The second kappa shape index (κ2) is 8.80.